The molecule has 0 fully saturated rings. The number of likely N-dealkylation sites (N-methyl/N-ethyl adjacent to an activating group) is 8. The van der Waals surface area contributed by atoms with Crippen molar-refractivity contribution in [3.63, 3.8) is 0 Å². The second-order valence-electron chi connectivity index (χ2n) is 32.3. The molecule has 27 nitrogen and oxygen atoms in total. The van der Waals surface area contributed by atoms with Crippen LogP contribution < -0.4 is 5.32 Å². The van der Waals surface area contributed by atoms with Gasteiger partial charge >= 0.3 is 18.0 Å². The molecule has 608 valence electrons. The van der Waals surface area contributed by atoms with Crippen molar-refractivity contribution >= 4 is 82.6 Å². The number of carbonyl (C=O) groups excluding carboxylic acids is 14. The summed E-state index contributed by atoms with van der Waals surface area (Å²) >= 11 is 0. The van der Waals surface area contributed by atoms with Crippen molar-refractivity contribution in [2.75, 3.05) is 83.2 Å². The van der Waals surface area contributed by atoms with E-state index in [4.69, 9.17) is 18.9 Å². The summed E-state index contributed by atoms with van der Waals surface area (Å²) in [7, 11) is 13.2. The van der Waals surface area contributed by atoms with Crippen molar-refractivity contribution in [1.29, 1.82) is 0 Å². The van der Waals surface area contributed by atoms with E-state index in [1.165, 1.54) is 105 Å². The van der Waals surface area contributed by atoms with E-state index in [-0.39, 0.29) is 88.4 Å². The Kier molecular flexibility index (Phi) is 42.9. The summed E-state index contributed by atoms with van der Waals surface area (Å²) in [6.07, 6.45) is 2.01. The number of hydrogen-bond donors (Lipinski definition) is 1. The van der Waals surface area contributed by atoms with Gasteiger partial charge in [-0.2, -0.15) is 0 Å². The van der Waals surface area contributed by atoms with Gasteiger partial charge in [-0.25, -0.2) is 9.59 Å². The molecule has 106 heavy (non-hydrogen) atoms. The van der Waals surface area contributed by atoms with E-state index in [2.05, 4.69) is 5.32 Å². The van der Waals surface area contributed by atoms with E-state index in [1.807, 2.05) is 54.5 Å². The van der Waals surface area contributed by atoms with Crippen LogP contribution in [0.3, 0.4) is 0 Å². The van der Waals surface area contributed by atoms with Gasteiger partial charge in [0.2, 0.25) is 47.3 Å². The third kappa shape index (κ3) is 30.7. The van der Waals surface area contributed by atoms with E-state index in [0.717, 1.165) is 4.90 Å². The number of carbonyl (C=O) groups is 14. The highest BCUT2D eigenvalue weighted by Crippen LogP contribution is 2.31. The zero-order chi connectivity index (χ0) is 82.6. The first-order chi connectivity index (χ1) is 48.8. The number of Topliss-reactive ketones (excluding diaryl/α,β-unsaturated/α-hetero) is 3. The summed E-state index contributed by atoms with van der Waals surface area (Å²) in [5.74, 6) is -12.6. The van der Waals surface area contributed by atoms with Crippen LogP contribution in [0.1, 0.15) is 210 Å². The van der Waals surface area contributed by atoms with E-state index < -0.39 is 178 Å². The topological polar surface area (TPSA) is 314 Å². The molecule has 0 aromatic carbocycles. The highest BCUT2D eigenvalue weighted by molar-refractivity contribution is 5.99. The summed E-state index contributed by atoms with van der Waals surface area (Å²) in [4.78, 5) is 209. The number of hydrogen-bond acceptors (Lipinski definition) is 18. The van der Waals surface area contributed by atoms with Gasteiger partial charge in [0.25, 0.3) is 0 Å². The van der Waals surface area contributed by atoms with Crippen LogP contribution in [-0.4, -0.2) is 265 Å². The van der Waals surface area contributed by atoms with Gasteiger partial charge in [-0.15, -0.1) is 0 Å². The van der Waals surface area contributed by atoms with Gasteiger partial charge in [0.15, 0.2) is 11.6 Å². The second-order valence-corrected chi connectivity index (χ2v) is 32.3. The molecule has 0 aliphatic heterocycles. The lowest BCUT2D eigenvalue weighted by molar-refractivity contribution is -0.164. The maximum Gasteiger partial charge on any atom is 0.410 e. The minimum atomic E-state index is -1.56. The van der Waals surface area contributed by atoms with Crippen molar-refractivity contribution < 1.29 is 86.1 Å². The Bertz CT molecular complexity index is 2960. The quantitative estimate of drug-likeness (QED) is 0.0339. The Morgan fingerprint density at radius 3 is 1.42 bits per heavy atom. The van der Waals surface area contributed by atoms with Crippen LogP contribution in [0, 0.1) is 59.2 Å². The molecule has 0 radical (unpaired) electrons. The number of rotatable bonds is 46. The molecule has 0 aliphatic rings. The Hall–Kier alpha value is -7.32. The standard InChI is InChI=1S/C79H139N9O18/c1-32-34-35-52(14)69(105-57(19)90)68(70(94)80-59(33-2)77(101)104-39-37-81(23)56(18)89)88(30)76(100)66(50(11)12)86(28)75(99)62(42-48(7)8)85(27)74(98)61(41-47(5)6)84(26)71(95)54(16)44-63(91)53(15)43-64(92)60(40-46(3)4)83(25)73(97)58(49(9)10)45-65(93)67(51(13)36-38-103-31)87(29)72(96)55(17)82(24)78(102)106-79(20,21)22/h32,34,46-55,58-62,66-69H,33,35-45H2,1-31H3,(H,80,94)/b34-32+/t51-,52-,53-,54+,55-,58+,59+,60+,61+,62+,66+,67+,68+,69-/m1/s1. The average molecular weight is 1500 g/mol. The zero-order valence-electron chi connectivity index (χ0n) is 70.5. The molecule has 0 aromatic heterocycles. The maximum atomic E-state index is 15.3. The molecule has 0 unspecified atom stereocenters. The highest BCUT2D eigenvalue weighted by Gasteiger charge is 2.47. The van der Waals surface area contributed by atoms with E-state index >= 15 is 14.4 Å². The number of methoxy groups -OCH3 is 1. The molecule has 0 aromatic rings. The van der Waals surface area contributed by atoms with Gasteiger partial charge in [-0.1, -0.05) is 116 Å². The fourth-order valence-corrected chi connectivity index (χ4v) is 13.0. The Labute approximate surface area is 635 Å². The van der Waals surface area contributed by atoms with Crippen molar-refractivity contribution in [3.8, 4) is 0 Å². The van der Waals surface area contributed by atoms with E-state index in [0.29, 0.717) is 12.8 Å². The first-order valence-electron chi connectivity index (χ1n) is 37.9. The number of allylic oxidation sites excluding steroid dienone is 2. The molecule has 1 N–H and O–H groups in total. The maximum absolute atomic E-state index is 15.3. The molecule has 27 heteroatoms. The predicted octanol–water partition coefficient (Wildman–Crippen LogP) is 8.54. The second kappa shape index (κ2) is 46.1. The largest absolute Gasteiger partial charge is 0.462 e. The number of ether oxygens (including phenoxy) is 4. The molecule has 14 atom stereocenters. The van der Waals surface area contributed by atoms with Crippen LogP contribution in [0.5, 0.6) is 0 Å². The van der Waals surface area contributed by atoms with Gasteiger partial charge in [-0.3, -0.25) is 62.4 Å². The van der Waals surface area contributed by atoms with Crippen LogP contribution in [0.25, 0.3) is 0 Å². The summed E-state index contributed by atoms with van der Waals surface area (Å²) in [5, 5.41) is 2.71. The average Bonchev–Trinajstić information content (AvgIpc) is 0.804. The monoisotopic (exact) mass is 1500 g/mol. The lowest BCUT2D eigenvalue weighted by atomic mass is 9.83. The number of esters is 2. The van der Waals surface area contributed by atoms with Crippen molar-refractivity contribution in [2.45, 2.75) is 270 Å². The number of nitrogens with zero attached hydrogens (tertiary/aromatic N) is 8. The van der Waals surface area contributed by atoms with Crippen LogP contribution in [0.2, 0.25) is 0 Å². The van der Waals surface area contributed by atoms with Crippen LogP contribution in [0.15, 0.2) is 12.2 Å². The van der Waals surface area contributed by atoms with Gasteiger partial charge in [0, 0.05) is 121 Å². The molecular weight excluding hydrogens is 1360 g/mol. The van der Waals surface area contributed by atoms with E-state index in [1.54, 1.807) is 103 Å². The normalized spacial score (nSPS) is 15.8. The minimum Gasteiger partial charge on any atom is -0.462 e. The van der Waals surface area contributed by atoms with Gasteiger partial charge < -0.3 is 58.6 Å². The molecule has 0 bridgehead atoms. The Morgan fingerprint density at radius 1 is 0.491 bits per heavy atom. The van der Waals surface area contributed by atoms with Crippen molar-refractivity contribution in [2.24, 2.45) is 59.2 Å². The molecular formula is C79H139N9O18. The zero-order valence-corrected chi connectivity index (χ0v) is 70.5. The van der Waals surface area contributed by atoms with Crippen molar-refractivity contribution in [3.05, 3.63) is 12.2 Å². The summed E-state index contributed by atoms with van der Waals surface area (Å²) in [5.41, 5.74) is -0.829. The highest BCUT2D eigenvalue weighted by atomic mass is 16.6. The van der Waals surface area contributed by atoms with Crippen LogP contribution in [0.4, 0.5) is 4.79 Å². The predicted molar refractivity (Wildman–Crippen MR) is 408 cm³/mol. The molecule has 0 saturated carbocycles. The third-order valence-corrected chi connectivity index (χ3v) is 19.8. The van der Waals surface area contributed by atoms with Gasteiger partial charge in [-0.05, 0) is 115 Å². The summed E-state index contributed by atoms with van der Waals surface area (Å²) in [6.45, 7) is 37.9. The molecule has 9 amide bonds. The van der Waals surface area contributed by atoms with Crippen LogP contribution in [-0.2, 0) is 81.3 Å². The number of nitrogens with one attached hydrogen (secondary N) is 1. The number of amides is 9. The fraction of sp³-hybridized carbons (Fsp3) is 0.797. The SMILES string of the molecule is C/C=C/C[C@@H](C)[C@@H](OC(C)=O)[C@@H](C(=O)N[C@@H](CC)C(=O)OCCN(C)C(C)=O)N(C)C(=O)[C@H](C(C)C)N(C)C(=O)[C@H](CC(C)C)N(C)C(=O)[C@H](CC(C)C)N(C)C(=O)[C@@H](C)CC(=O)[C@H](C)CC(=O)[C@H](CC(C)C)N(C)C(=O)[C@@H](CC(=O)[C@H]([C@H](C)CCOC)N(C)C(=O)[C@@H](C)N(C)C(=O)OC(C)(C)C)C(C)C. The van der Waals surface area contributed by atoms with Gasteiger partial charge in [0.05, 0.1) is 18.6 Å². The first-order valence-corrected chi connectivity index (χ1v) is 37.9. The Balaban J connectivity index is 7.22. The third-order valence-electron chi connectivity index (χ3n) is 19.8. The molecule has 0 aliphatic carbocycles. The molecule has 0 spiro atoms. The molecule has 0 heterocycles. The minimum absolute atomic E-state index is 0.0636. The molecule has 0 rings (SSSR count). The lowest BCUT2D eigenvalue weighted by Gasteiger charge is -2.42. The van der Waals surface area contributed by atoms with Gasteiger partial charge in [0.1, 0.15) is 60.3 Å². The van der Waals surface area contributed by atoms with Crippen molar-refractivity contribution in [1.82, 2.24) is 44.5 Å². The lowest BCUT2D eigenvalue weighted by Crippen LogP contribution is -2.63. The molecule has 0 saturated heterocycles. The summed E-state index contributed by atoms with van der Waals surface area (Å²) in [6, 6.07) is -9.47. The first kappa shape index (κ1) is 98.7. The fourth-order valence-electron chi connectivity index (χ4n) is 13.0. The number of ketones is 3. The summed E-state index contributed by atoms with van der Waals surface area (Å²) < 4.78 is 22.2. The van der Waals surface area contributed by atoms with Crippen LogP contribution >= 0.6 is 0 Å². The Morgan fingerprint density at radius 2 is 0.962 bits per heavy atom. The van der Waals surface area contributed by atoms with E-state index in [9.17, 15) is 52.7 Å². The smallest absolute Gasteiger partial charge is 0.410 e.